The van der Waals surface area contributed by atoms with E-state index in [-0.39, 0.29) is 0 Å². The first-order valence-electron chi connectivity index (χ1n) is 7.99. The first-order chi connectivity index (χ1) is 9.70. The number of rotatable bonds is 15. The van der Waals surface area contributed by atoms with Crippen molar-refractivity contribution >= 4 is 15.9 Å². The van der Waals surface area contributed by atoms with Crippen molar-refractivity contribution in [3.63, 3.8) is 0 Å². The van der Waals surface area contributed by atoms with Crippen LogP contribution in [0.25, 0.3) is 0 Å². The number of halogens is 1. The molecule has 0 N–H and O–H groups in total. The molecule has 3 nitrogen and oxygen atoms in total. The van der Waals surface area contributed by atoms with Gasteiger partial charge in [0.1, 0.15) is 0 Å². The highest BCUT2D eigenvalue weighted by molar-refractivity contribution is 9.09. The maximum Gasteiger partial charge on any atom is 0.0701 e. The second-order valence-electron chi connectivity index (χ2n) is 5.63. The van der Waals surface area contributed by atoms with E-state index < -0.39 is 0 Å². The lowest BCUT2D eigenvalue weighted by Crippen LogP contribution is -2.13. The number of hydrogen-bond acceptors (Lipinski definition) is 3. The monoisotopic (exact) mass is 352 g/mol. The summed E-state index contributed by atoms with van der Waals surface area (Å²) in [4.78, 5) is 0. The van der Waals surface area contributed by atoms with Crippen LogP contribution in [0.5, 0.6) is 0 Å². The Balaban J connectivity index is 3.19. The normalized spacial score (nSPS) is 13.1. The standard InChI is InChI=1S/C16H33BrO3/c1-4-5-7-18-9-11-20-12-10-19-8-6-16(14-17)13-15(2)3/h15-16H,4-14H2,1-3H3. The molecule has 0 radical (unpaired) electrons. The molecule has 1 unspecified atom stereocenters. The predicted molar refractivity (Wildman–Crippen MR) is 88.7 cm³/mol. The highest BCUT2D eigenvalue weighted by Crippen LogP contribution is 2.17. The van der Waals surface area contributed by atoms with Gasteiger partial charge in [-0.25, -0.2) is 0 Å². The van der Waals surface area contributed by atoms with Gasteiger partial charge in [-0.3, -0.25) is 0 Å². The van der Waals surface area contributed by atoms with E-state index in [1.54, 1.807) is 0 Å². The molecule has 0 aromatic heterocycles. The zero-order chi connectivity index (χ0) is 15.1. The quantitative estimate of drug-likeness (QED) is 0.325. The van der Waals surface area contributed by atoms with Gasteiger partial charge in [-0.2, -0.15) is 0 Å². The molecule has 0 heterocycles. The van der Waals surface area contributed by atoms with Crippen molar-refractivity contribution in [2.45, 2.75) is 46.5 Å². The van der Waals surface area contributed by atoms with Crippen LogP contribution in [0.2, 0.25) is 0 Å². The molecule has 122 valence electrons. The molecule has 0 aliphatic carbocycles. The molecule has 0 fully saturated rings. The topological polar surface area (TPSA) is 27.7 Å². The van der Waals surface area contributed by atoms with Gasteiger partial charge in [0, 0.05) is 18.5 Å². The van der Waals surface area contributed by atoms with Gasteiger partial charge in [-0.15, -0.1) is 0 Å². The minimum Gasteiger partial charge on any atom is -0.379 e. The van der Waals surface area contributed by atoms with Crippen LogP contribution in [-0.4, -0.2) is 45.0 Å². The van der Waals surface area contributed by atoms with Gasteiger partial charge in [-0.1, -0.05) is 43.1 Å². The summed E-state index contributed by atoms with van der Waals surface area (Å²) in [5, 5.41) is 1.07. The largest absolute Gasteiger partial charge is 0.379 e. The Morgan fingerprint density at radius 1 is 0.850 bits per heavy atom. The Morgan fingerprint density at radius 3 is 1.90 bits per heavy atom. The SMILES string of the molecule is CCCCOCCOCCOCCC(CBr)CC(C)C. The molecule has 0 rings (SSSR count). The summed E-state index contributed by atoms with van der Waals surface area (Å²) in [6, 6.07) is 0. The lowest BCUT2D eigenvalue weighted by molar-refractivity contribution is 0.0119. The predicted octanol–water partition coefficient (Wildman–Crippen LogP) is 4.28. The van der Waals surface area contributed by atoms with E-state index >= 15 is 0 Å². The smallest absolute Gasteiger partial charge is 0.0701 e. The number of unbranched alkanes of at least 4 members (excludes halogenated alkanes) is 1. The van der Waals surface area contributed by atoms with Gasteiger partial charge < -0.3 is 14.2 Å². The molecule has 0 aliphatic rings. The van der Waals surface area contributed by atoms with Gasteiger partial charge in [-0.05, 0) is 31.1 Å². The van der Waals surface area contributed by atoms with Gasteiger partial charge in [0.15, 0.2) is 0 Å². The van der Waals surface area contributed by atoms with Crippen LogP contribution >= 0.6 is 15.9 Å². The van der Waals surface area contributed by atoms with Crippen molar-refractivity contribution in [3.05, 3.63) is 0 Å². The third-order valence-corrected chi connectivity index (χ3v) is 4.00. The molecule has 0 amide bonds. The van der Waals surface area contributed by atoms with Gasteiger partial charge in [0.25, 0.3) is 0 Å². The van der Waals surface area contributed by atoms with Crippen LogP contribution in [0.1, 0.15) is 46.5 Å². The number of hydrogen-bond donors (Lipinski definition) is 0. The van der Waals surface area contributed by atoms with Crippen molar-refractivity contribution in [3.8, 4) is 0 Å². The molecular weight excluding hydrogens is 320 g/mol. The van der Waals surface area contributed by atoms with Gasteiger partial charge in [0.2, 0.25) is 0 Å². The van der Waals surface area contributed by atoms with E-state index in [1.165, 1.54) is 12.8 Å². The van der Waals surface area contributed by atoms with E-state index in [1.807, 2.05) is 0 Å². The van der Waals surface area contributed by atoms with Crippen molar-refractivity contribution < 1.29 is 14.2 Å². The molecule has 0 aliphatic heterocycles. The summed E-state index contributed by atoms with van der Waals surface area (Å²) in [7, 11) is 0. The molecule has 0 aromatic rings. The van der Waals surface area contributed by atoms with Crippen molar-refractivity contribution in [2.24, 2.45) is 11.8 Å². The molecule has 0 bridgehead atoms. The fourth-order valence-electron chi connectivity index (χ4n) is 1.96. The second-order valence-corrected chi connectivity index (χ2v) is 6.28. The van der Waals surface area contributed by atoms with Crippen LogP contribution in [0.4, 0.5) is 0 Å². The molecule has 0 saturated heterocycles. The average molecular weight is 353 g/mol. The molecule has 20 heavy (non-hydrogen) atoms. The maximum absolute atomic E-state index is 5.61. The summed E-state index contributed by atoms with van der Waals surface area (Å²) in [5.41, 5.74) is 0. The molecule has 0 aromatic carbocycles. The Morgan fingerprint density at radius 2 is 1.40 bits per heavy atom. The average Bonchev–Trinajstić information content (AvgIpc) is 2.43. The Kier molecular flexibility index (Phi) is 16.0. The van der Waals surface area contributed by atoms with E-state index in [4.69, 9.17) is 14.2 Å². The van der Waals surface area contributed by atoms with Crippen molar-refractivity contribution in [1.29, 1.82) is 0 Å². The first kappa shape index (κ1) is 20.4. The first-order valence-corrected chi connectivity index (χ1v) is 9.12. The Hall–Kier alpha value is 0.360. The van der Waals surface area contributed by atoms with Crippen LogP contribution < -0.4 is 0 Å². The zero-order valence-corrected chi connectivity index (χ0v) is 15.1. The minimum atomic E-state index is 0.667. The molecule has 0 spiro atoms. The van der Waals surface area contributed by atoms with Crippen LogP contribution in [-0.2, 0) is 14.2 Å². The van der Waals surface area contributed by atoms with Crippen LogP contribution in [0, 0.1) is 11.8 Å². The minimum absolute atomic E-state index is 0.667. The Labute approximate surface area is 133 Å². The van der Waals surface area contributed by atoms with Crippen molar-refractivity contribution in [1.82, 2.24) is 0 Å². The third kappa shape index (κ3) is 14.8. The summed E-state index contributed by atoms with van der Waals surface area (Å²) in [6.07, 6.45) is 4.71. The summed E-state index contributed by atoms with van der Waals surface area (Å²) in [6.45, 7) is 11.1. The summed E-state index contributed by atoms with van der Waals surface area (Å²) < 4.78 is 16.5. The lowest BCUT2D eigenvalue weighted by atomic mass is 9.96. The zero-order valence-electron chi connectivity index (χ0n) is 13.5. The van der Waals surface area contributed by atoms with Crippen molar-refractivity contribution in [2.75, 3.05) is 45.0 Å². The Bertz CT molecular complexity index is 189. The molecular formula is C16H33BrO3. The van der Waals surface area contributed by atoms with Gasteiger partial charge in [0.05, 0.1) is 26.4 Å². The van der Waals surface area contributed by atoms with Crippen LogP contribution in [0.3, 0.4) is 0 Å². The van der Waals surface area contributed by atoms with Crippen LogP contribution in [0.15, 0.2) is 0 Å². The fraction of sp³-hybridized carbons (Fsp3) is 1.00. The highest BCUT2D eigenvalue weighted by Gasteiger charge is 2.09. The maximum atomic E-state index is 5.61. The number of alkyl halides is 1. The van der Waals surface area contributed by atoms with Gasteiger partial charge >= 0.3 is 0 Å². The lowest BCUT2D eigenvalue weighted by Gasteiger charge is -2.16. The molecule has 0 saturated carbocycles. The van der Waals surface area contributed by atoms with E-state index in [0.717, 1.165) is 43.2 Å². The summed E-state index contributed by atoms with van der Waals surface area (Å²) >= 11 is 3.58. The van der Waals surface area contributed by atoms with E-state index in [0.29, 0.717) is 26.4 Å². The number of ether oxygens (including phenoxy) is 3. The fourth-order valence-corrected chi connectivity index (χ4v) is 2.55. The summed E-state index contributed by atoms with van der Waals surface area (Å²) in [5.74, 6) is 1.48. The molecule has 4 heteroatoms. The second kappa shape index (κ2) is 15.7. The van der Waals surface area contributed by atoms with E-state index in [2.05, 4.69) is 36.7 Å². The van der Waals surface area contributed by atoms with E-state index in [9.17, 15) is 0 Å². The molecule has 1 atom stereocenters. The highest BCUT2D eigenvalue weighted by atomic mass is 79.9. The third-order valence-electron chi connectivity index (χ3n) is 3.08.